The normalized spacial score (nSPS) is 17.0. The second kappa shape index (κ2) is 3.87. The summed E-state index contributed by atoms with van der Waals surface area (Å²) < 4.78 is 5.72. The van der Waals surface area contributed by atoms with Gasteiger partial charge in [0.25, 0.3) is 0 Å². The van der Waals surface area contributed by atoms with Crippen molar-refractivity contribution < 1.29 is 14.3 Å². The predicted molar refractivity (Wildman–Crippen MR) is 64.4 cm³/mol. The highest BCUT2D eigenvalue weighted by molar-refractivity contribution is 6.02. The van der Waals surface area contributed by atoms with Crippen molar-refractivity contribution in [3.63, 3.8) is 0 Å². The van der Waals surface area contributed by atoms with Crippen LogP contribution in [-0.2, 0) is 4.79 Å². The molecule has 90 valence electrons. The van der Waals surface area contributed by atoms with Crippen LogP contribution in [0.25, 0.3) is 0 Å². The van der Waals surface area contributed by atoms with Gasteiger partial charge in [0.15, 0.2) is 5.78 Å². The molecule has 0 unspecified atom stereocenters. The molecule has 0 saturated heterocycles. The summed E-state index contributed by atoms with van der Waals surface area (Å²) in [5.74, 6) is 0.471. The summed E-state index contributed by atoms with van der Waals surface area (Å²) in [6.45, 7) is 5.20. The Bertz CT molecular complexity index is 491. The number of benzene rings is 1. The number of carbonyl (C=O) groups is 2. The summed E-state index contributed by atoms with van der Waals surface area (Å²) in [6, 6.07) is 5.11. The zero-order chi connectivity index (χ0) is 12.6. The molecule has 1 heterocycles. The van der Waals surface area contributed by atoms with E-state index in [0.29, 0.717) is 23.4 Å². The van der Waals surface area contributed by atoms with E-state index < -0.39 is 5.60 Å². The number of Topliss-reactive ketones (excluding diaryl/α,β-unsaturated/α-hetero) is 1. The highest BCUT2D eigenvalue weighted by Gasteiger charge is 2.32. The lowest BCUT2D eigenvalue weighted by molar-refractivity contribution is -0.114. The third-order valence-corrected chi connectivity index (χ3v) is 2.57. The number of ether oxygens (including phenoxy) is 1. The molecule has 0 aliphatic carbocycles. The molecule has 4 nitrogen and oxygen atoms in total. The SMILES string of the molecule is CC(=O)Nc1ccc2c(c1)C(=O)CC(C)(C)O2. The van der Waals surface area contributed by atoms with Crippen molar-refractivity contribution in [1.82, 2.24) is 0 Å². The molecule has 0 fully saturated rings. The lowest BCUT2D eigenvalue weighted by atomic mass is 9.93. The van der Waals surface area contributed by atoms with Gasteiger partial charge in [0, 0.05) is 12.6 Å². The molecule has 1 aliphatic rings. The van der Waals surface area contributed by atoms with Crippen LogP contribution in [0.1, 0.15) is 37.6 Å². The minimum Gasteiger partial charge on any atom is -0.487 e. The van der Waals surface area contributed by atoms with E-state index in [9.17, 15) is 9.59 Å². The quantitative estimate of drug-likeness (QED) is 0.810. The van der Waals surface area contributed by atoms with Crippen LogP contribution in [0, 0.1) is 0 Å². The van der Waals surface area contributed by atoms with E-state index in [4.69, 9.17) is 4.74 Å². The number of ketones is 1. The van der Waals surface area contributed by atoms with E-state index in [0.717, 1.165) is 0 Å². The van der Waals surface area contributed by atoms with Gasteiger partial charge in [0.1, 0.15) is 11.4 Å². The maximum absolute atomic E-state index is 11.9. The molecule has 1 amide bonds. The molecule has 17 heavy (non-hydrogen) atoms. The topological polar surface area (TPSA) is 55.4 Å². The summed E-state index contributed by atoms with van der Waals surface area (Å²) in [5.41, 5.74) is 0.697. The smallest absolute Gasteiger partial charge is 0.221 e. The first-order chi connectivity index (χ1) is 7.87. The van der Waals surface area contributed by atoms with Crippen LogP contribution in [0.2, 0.25) is 0 Å². The van der Waals surface area contributed by atoms with E-state index in [2.05, 4.69) is 5.32 Å². The van der Waals surface area contributed by atoms with E-state index >= 15 is 0 Å². The Hall–Kier alpha value is -1.84. The summed E-state index contributed by atoms with van der Waals surface area (Å²) >= 11 is 0. The van der Waals surface area contributed by atoms with Gasteiger partial charge in [-0.1, -0.05) is 0 Å². The minimum absolute atomic E-state index is 0.0449. The van der Waals surface area contributed by atoms with Gasteiger partial charge in [-0.15, -0.1) is 0 Å². The Kier molecular flexibility index (Phi) is 2.65. The van der Waals surface area contributed by atoms with Crippen LogP contribution in [0.4, 0.5) is 5.69 Å². The first-order valence-corrected chi connectivity index (χ1v) is 5.51. The molecule has 0 atom stereocenters. The van der Waals surface area contributed by atoms with Crippen molar-refractivity contribution >= 4 is 17.4 Å². The maximum Gasteiger partial charge on any atom is 0.221 e. The maximum atomic E-state index is 11.9. The van der Waals surface area contributed by atoms with Gasteiger partial charge >= 0.3 is 0 Å². The van der Waals surface area contributed by atoms with Gasteiger partial charge in [0.2, 0.25) is 5.91 Å². The molecule has 1 aromatic carbocycles. The third-order valence-electron chi connectivity index (χ3n) is 2.57. The largest absolute Gasteiger partial charge is 0.487 e. The Morgan fingerprint density at radius 2 is 2.12 bits per heavy atom. The predicted octanol–water partition coefficient (Wildman–Crippen LogP) is 2.39. The average Bonchev–Trinajstić information content (AvgIpc) is 2.16. The molecule has 0 radical (unpaired) electrons. The van der Waals surface area contributed by atoms with Crippen LogP contribution in [0.3, 0.4) is 0 Å². The number of hydrogen-bond donors (Lipinski definition) is 1. The summed E-state index contributed by atoms with van der Waals surface area (Å²) in [4.78, 5) is 22.9. The van der Waals surface area contributed by atoms with Gasteiger partial charge in [0.05, 0.1) is 12.0 Å². The van der Waals surface area contributed by atoms with Crippen LogP contribution < -0.4 is 10.1 Å². The minimum atomic E-state index is -0.459. The molecule has 1 aromatic rings. The highest BCUT2D eigenvalue weighted by atomic mass is 16.5. The van der Waals surface area contributed by atoms with Crippen LogP contribution >= 0.6 is 0 Å². The second-order valence-corrected chi connectivity index (χ2v) is 4.85. The van der Waals surface area contributed by atoms with Crippen LogP contribution in [0.15, 0.2) is 18.2 Å². The fraction of sp³-hybridized carbons (Fsp3) is 0.385. The zero-order valence-electron chi connectivity index (χ0n) is 10.2. The monoisotopic (exact) mass is 233 g/mol. The van der Waals surface area contributed by atoms with Gasteiger partial charge < -0.3 is 10.1 Å². The van der Waals surface area contributed by atoms with E-state index in [1.165, 1.54) is 6.92 Å². The van der Waals surface area contributed by atoms with Crippen molar-refractivity contribution in [2.75, 3.05) is 5.32 Å². The number of carbonyl (C=O) groups excluding carboxylic acids is 2. The lowest BCUT2D eigenvalue weighted by Gasteiger charge is -2.31. The van der Waals surface area contributed by atoms with Crippen LogP contribution in [0.5, 0.6) is 5.75 Å². The van der Waals surface area contributed by atoms with Crippen molar-refractivity contribution in [3.05, 3.63) is 23.8 Å². The zero-order valence-corrected chi connectivity index (χ0v) is 10.2. The standard InChI is InChI=1S/C13H15NO3/c1-8(15)14-9-4-5-12-10(6-9)11(16)7-13(2,3)17-12/h4-6H,7H2,1-3H3,(H,14,15). The Labute approximate surface area is 100.0 Å². The molecule has 2 rings (SSSR count). The first-order valence-electron chi connectivity index (χ1n) is 5.51. The van der Waals surface area contributed by atoms with Gasteiger partial charge in [-0.3, -0.25) is 9.59 Å². The molecule has 4 heteroatoms. The van der Waals surface area contributed by atoms with Gasteiger partial charge in [-0.05, 0) is 32.0 Å². The summed E-state index contributed by atoms with van der Waals surface area (Å²) in [5, 5.41) is 2.65. The highest BCUT2D eigenvalue weighted by Crippen LogP contribution is 2.34. The number of hydrogen-bond acceptors (Lipinski definition) is 3. The molecule has 0 aromatic heterocycles. The summed E-state index contributed by atoms with van der Waals surface area (Å²) in [6.07, 6.45) is 0.351. The first kappa shape index (κ1) is 11.6. The molecule has 0 bridgehead atoms. The van der Waals surface area contributed by atoms with Crippen molar-refractivity contribution in [3.8, 4) is 5.75 Å². The molecular formula is C13H15NO3. The van der Waals surface area contributed by atoms with Gasteiger partial charge in [-0.2, -0.15) is 0 Å². The average molecular weight is 233 g/mol. The van der Waals surface area contributed by atoms with E-state index in [1.54, 1.807) is 18.2 Å². The fourth-order valence-corrected chi connectivity index (χ4v) is 1.93. The van der Waals surface area contributed by atoms with Crippen molar-refractivity contribution in [2.45, 2.75) is 32.8 Å². The van der Waals surface area contributed by atoms with Crippen molar-refractivity contribution in [2.24, 2.45) is 0 Å². The van der Waals surface area contributed by atoms with E-state index in [1.807, 2.05) is 13.8 Å². The third kappa shape index (κ3) is 2.46. The molecular weight excluding hydrogens is 218 g/mol. The number of nitrogens with one attached hydrogen (secondary N) is 1. The lowest BCUT2D eigenvalue weighted by Crippen LogP contribution is -2.35. The van der Waals surface area contributed by atoms with Crippen molar-refractivity contribution in [1.29, 1.82) is 0 Å². The Balaban J connectivity index is 2.37. The van der Waals surface area contributed by atoms with E-state index in [-0.39, 0.29) is 11.7 Å². The number of anilines is 1. The van der Waals surface area contributed by atoms with Crippen LogP contribution in [-0.4, -0.2) is 17.3 Å². The number of amides is 1. The Morgan fingerprint density at radius 1 is 1.41 bits per heavy atom. The number of fused-ring (bicyclic) bond motifs is 1. The molecule has 1 aliphatic heterocycles. The Morgan fingerprint density at radius 3 is 2.76 bits per heavy atom. The molecule has 1 N–H and O–H groups in total. The summed E-state index contributed by atoms with van der Waals surface area (Å²) in [7, 11) is 0. The molecule has 0 spiro atoms. The number of rotatable bonds is 1. The molecule has 0 saturated carbocycles. The second-order valence-electron chi connectivity index (χ2n) is 4.85. The fourth-order valence-electron chi connectivity index (χ4n) is 1.93. The van der Waals surface area contributed by atoms with Gasteiger partial charge in [-0.25, -0.2) is 0 Å².